The van der Waals surface area contributed by atoms with Crippen LogP contribution >= 0.6 is 0 Å². The van der Waals surface area contributed by atoms with Crippen LogP contribution < -0.4 is 10.5 Å². The highest BCUT2D eigenvalue weighted by atomic mass is 32.2. The molecule has 5 nitrogen and oxygen atoms in total. The number of primary sulfonamides is 1. The van der Waals surface area contributed by atoms with Crippen LogP contribution in [0, 0.1) is 0 Å². The Hall–Kier alpha value is -0.170. The molecular formula is C8H20N2O3S. The smallest absolute Gasteiger partial charge is 0.210 e. The molecule has 0 aliphatic rings. The van der Waals surface area contributed by atoms with Crippen LogP contribution in [-0.2, 0) is 14.8 Å². The van der Waals surface area contributed by atoms with Gasteiger partial charge in [-0.1, -0.05) is 0 Å². The highest BCUT2D eigenvalue weighted by molar-refractivity contribution is 7.89. The van der Waals surface area contributed by atoms with Crippen molar-refractivity contribution in [2.45, 2.75) is 25.9 Å². The molecule has 0 aromatic carbocycles. The van der Waals surface area contributed by atoms with E-state index in [1.165, 1.54) is 0 Å². The van der Waals surface area contributed by atoms with Gasteiger partial charge in [-0.05, 0) is 26.8 Å². The average Bonchev–Trinajstić information content (AvgIpc) is 2.01. The molecule has 86 valence electrons. The summed E-state index contributed by atoms with van der Waals surface area (Å²) < 4.78 is 26.3. The van der Waals surface area contributed by atoms with Crippen LogP contribution in [0.3, 0.4) is 0 Å². The van der Waals surface area contributed by atoms with Crippen molar-refractivity contribution in [3.63, 3.8) is 0 Å². The maximum absolute atomic E-state index is 10.6. The van der Waals surface area contributed by atoms with Crippen molar-refractivity contribution in [1.29, 1.82) is 0 Å². The lowest BCUT2D eigenvalue weighted by molar-refractivity contribution is 0.0160. The first-order valence-electron chi connectivity index (χ1n) is 4.53. The molecule has 6 heteroatoms. The lowest BCUT2D eigenvalue weighted by Gasteiger charge is -2.22. The van der Waals surface area contributed by atoms with Crippen LogP contribution in [-0.4, -0.2) is 40.0 Å². The van der Waals surface area contributed by atoms with E-state index in [0.717, 1.165) is 13.0 Å². The minimum atomic E-state index is -3.34. The molecule has 0 saturated carbocycles. The first-order valence-corrected chi connectivity index (χ1v) is 6.25. The van der Waals surface area contributed by atoms with E-state index in [9.17, 15) is 8.42 Å². The van der Waals surface area contributed by atoms with Gasteiger partial charge in [0.1, 0.15) is 0 Å². The zero-order valence-corrected chi connectivity index (χ0v) is 9.86. The lowest BCUT2D eigenvalue weighted by atomic mass is 10.1. The fourth-order valence-corrected chi connectivity index (χ4v) is 1.26. The monoisotopic (exact) mass is 224 g/mol. The summed E-state index contributed by atoms with van der Waals surface area (Å²) in [7, 11) is -1.68. The van der Waals surface area contributed by atoms with E-state index in [1.54, 1.807) is 7.11 Å². The largest absolute Gasteiger partial charge is 0.379 e. The molecule has 0 aliphatic carbocycles. The summed E-state index contributed by atoms with van der Waals surface area (Å²) >= 11 is 0. The molecule has 0 bridgehead atoms. The zero-order chi connectivity index (χ0) is 11.2. The summed E-state index contributed by atoms with van der Waals surface area (Å²) in [6, 6.07) is 0. The second-order valence-corrected chi connectivity index (χ2v) is 5.56. The van der Waals surface area contributed by atoms with Gasteiger partial charge in [-0.3, -0.25) is 0 Å². The molecule has 0 unspecified atom stereocenters. The Morgan fingerprint density at radius 2 is 1.93 bits per heavy atom. The van der Waals surface area contributed by atoms with Crippen molar-refractivity contribution in [1.82, 2.24) is 5.32 Å². The summed E-state index contributed by atoms with van der Waals surface area (Å²) in [4.78, 5) is 0. The van der Waals surface area contributed by atoms with E-state index in [-0.39, 0.29) is 11.4 Å². The van der Waals surface area contributed by atoms with Gasteiger partial charge in [-0.2, -0.15) is 0 Å². The summed E-state index contributed by atoms with van der Waals surface area (Å²) in [5.74, 6) is -0.0274. The van der Waals surface area contributed by atoms with Crippen molar-refractivity contribution < 1.29 is 13.2 Å². The minimum absolute atomic E-state index is 0.0274. The van der Waals surface area contributed by atoms with Crippen LogP contribution in [0.25, 0.3) is 0 Å². The van der Waals surface area contributed by atoms with Gasteiger partial charge in [-0.25, -0.2) is 13.6 Å². The van der Waals surface area contributed by atoms with Crippen LogP contribution in [0.15, 0.2) is 0 Å². The number of ether oxygens (including phenoxy) is 1. The standard InChI is InChI=1S/C8H20N2O3S/c1-8(2,13-3)4-5-10-6-7-14(9,11)12/h10H,4-7H2,1-3H3,(H2,9,11,12). The Balaban J connectivity index is 3.49. The number of hydrogen-bond donors (Lipinski definition) is 2. The van der Waals surface area contributed by atoms with E-state index >= 15 is 0 Å². The minimum Gasteiger partial charge on any atom is -0.379 e. The van der Waals surface area contributed by atoms with Crippen molar-refractivity contribution in [3.8, 4) is 0 Å². The molecule has 14 heavy (non-hydrogen) atoms. The number of rotatable bonds is 7. The molecule has 0 spiro atoms. The van der Waals surface area contributed by atoms with Crippen LogP contribution in [0.4, 0.5) is 0 Å². The molecule has 0 aliphatic heterocycles. The third-order valence-corrected chi connectivity index (χ3v) is 2.79. The second kappa shape index (κ2) is 5.65. The summed E-state index contributed by atoms with van der Waals surface area (Å²) in [5, 5.41) is 7.83. The molecule has 0 aromatic rings. The molecule has 0 radical (unpaired) electrons. The van der Waals surface area contributed by atoms with Gasteiger partial charge >= 0.3 is 0 Å². The van der Waals surface area contributed by atoms with Crippen molar-refractivity contribution in [3.05, 3.63) is 0 Å². The van der Waals surface area contributed by atoms with Gasteiger partial charge in [0.25, 0.3) is 0 Å². The van der Waals surface area contributed by atoms with Crippen LogP contribution in [0.5, 0.6) is 0 Å². The third kappa shape index (κ3) is 8.43. The highest BCUT2D eigenvalue weighted by Crippen LogP contribution is 2.10. The van der Waals surface area contributed by atoms with Gasteiger partial charge < -0.3 is 10.1 Å². The zero-order valence-electron chi connectivity index (χ0n) is 9.04. The maximum Gasteiger partial charge on any atom is 0.210 e. The number of methoxy groups -OCH3 is 1. The number of hydrogen-bond acceptors (Lipinski definition) is 4. The molecule has 0 rings (SSSR count). The quantitative estimate of drug-likeness (QED) is 0.581. The van der Waals surface area contributed by atoms with E-state index < -0.39 is 10.0 Å². The van der Waals surface area contributed by atoms with Gasteiger partial charge in [0, 0.05) is 13.7 Å². The van der Waals surface area contributed by atoms with Gasteiger partial charge in [0.15, 0.2) is 0 Å². The highest BCUT2D eigenvalue weighted by Gasteiger charge is 2.14. The molecule has 0 heterocycles. The van der Waals surface area contributed by atoms with Crippen LogP contribution in [0.1, 0.15) is 20.3 Å². The second-order valence-electron chi connectivity index (χ2n) is 3.83. The Morgan fingerprint density at radius 3 is 2.36 bits per heavy atom. The molecule has 0 fully saturated rings. The average molecular weight is 224 g/mol. The molecule has 0 atom stereocenters. The fraction of sp³-hybridized carbons (Fsp3) is 1.00. The van der Waals surface area contributed by atoms with Crippen molar-refractivity contribution >= 4 is 10.0 Å². The van der Waals surface area contributed by atoms with Gasteiger partial charge in [0.05, 0.1) is 11.4 Å². The third-order valence-electron chi connectivity index (χ3n) is 2.02. The Labute approximate surface area is 86.1 Å². The van der Waals surface area contributed by atoms with Crippen molar-refractivity contribution in [2.75, 3.05) is 26.0 Å². The predicted octanol–water partition coefficient (Wildman–Crippen LogP) is -0.320. The van der Waals surface area contributed by atoms with Gasteiger partial charge in [0.2, 0.25) is 10.0 Å². The molecule has 0 amide bonds. The normalized spacial score (nSPS) is 13.1. The Kier molecular flexibility index (Phi) is 5.58. The van der Waals surface area contributed by atoms with E-state index in [1.807, 2.05) is 13.8 Å². The van der Waals surface area contributed by atoms with E-state index in [4.69, 9.17) is 9.88 Å². The molecular weight excluding hydrogens is 204 g/mol. The summed E-state index contributed by atoms with van der Waals surface area (Å²) in [6.07, 6.45) is 0.827. The number of nitrogens with two attached hydrogens (primary N) is 1. The number of nitrogens with one attached hydrogen (secondary N) is 1. The Morgan fingerprint density at radius 1 is 1.36 bits per heavy atom. The first kappa shape index (κ1) is 13.8. The van der Waals surface area contributed by atoms with Crippen LogP contribution in [0.2, 0.25) is 0 Å². The fourth-order valence-electron chi connectivity index (χ4n) is 0.831. The lowest BCUT2D eigenvalue weighted by Crippen LogP contribution is -2.32. The predicted molar refractivity (Wildman–Crippen MR) is 56.5 cm³/mol. The molecule has 0 saturated heterocycles. The SMILES string of the molecule is COC(C)(C)CCNCCS(N)(=O)=O. The first-order chi connectivity index (χ1) is 6.27. The maximum atomic E-state index is 10.6. The van der Waals surface area contributed by atoms with E-state index in [2.05, 4.69) is 5.32 Å². The summed E-state index contributed by atoms with van der Waals surface area (Å²) in [5.41, 5.74) is -0.172. The van der Waals surface area contributed by atoms with Crippen molar-refractivity contribution in [2.24, 2.45) is 5.14 Å². The topological polar surface area (TPSA) is 81.4 Å². The molecule has 0 aromatic heterocycles. The molecule has 3 N–H and O–H groups in total. The summed E-state index contributed by atoms with van der Waals surface area (Å²) in [6.45, 7) is 5.07. The van der Waals surface area contributed by atoms with Gasteiger partial charge in [-0.15, -0.1) is 0 Å². The number of sulfonamides is 1. The Bertz CT molecular complexity index is 249. The van der Waals surface area contributed by atoms with E-state index in [0.29, 0.717) is 6.54 Å².